The highest BCUT2D eigenvalue weighted by Gasteiger charge is 1.87. The molecule has 2 aromatic rings. The van der Waals surface area contributed by atoms with Crippen LogP contribution in [0.5, 0.6) is 0 Å². The zero-order chi connectivity index (χ0) is 13.4. The molecular formula is C14H16N4. The third-order valence-corrected chi connectivity index (χ3v) is 2.25. The molecule has 2 heterocycles. The zero-order valence-electron chi connectivity index (χ0n) is 10.6. The highest BCUT2D eigenvalue weighted by atomic mass is 14.7. The largest absolute Gasteiger partial charge is 0.326 e. The van der Waals surface area contributed by atoms with Crippen molar-refractivity contribution in [2.75, 3.05) is 0 Å². The van der Waals surface area contributed by atoms with Crippen LogP contribution in [0.2, 0.25) is 0 Å². The molecule has 2 N–H and O–H groups in total. The summed E-state index contributed by atoms with van der Waals surface area (Å²) in [5.41, 5.74) is 9.03. The fourth-order valence-electron chi connectivity index (χ4n) is 1.15. The van der Waals surface area contributed by atoms with Gasteiger partial charge < -0.3 is 5.73 Å². The van der Waals surface area contributed by atoms with E-state index in [4.69, 9.17) is 11.0 Å². The summed E-state index contributed by atoms with van der Waals surface area (Å²) in [6, 6.07) is 9.51. The first kappa shape index (κ1) is 13.8. The number of nitrogens with two attached hydrogens (primary N) is 1. The minimum absolute atomic E-state index is 0.577. The number of aromatic nitrogens is 2. The van der Waals surface area contributed by atoms with Crippen LogP contribution in [0.25, 0.3) is 0 Å². The van der Waals surface area contributed by atoms with Gasteiger partial charge in [0.15, 0.2) is 0 Å². The van der Waals surface area contributed by atoms with Gasteiger partial charge in [0.1, 0.15) is 6.07 Å². The van der Waals surface area contributed by atoms with Crippen LogP contribution < -0.4 is 5.73 Å². The van der Waals surface area contributed by atoms with Gasteiger partial charge in [0.2, 0.25) is 0 Å². The van der Waals surface area contributed by atoms with Gasteiger partial charge in [-0.15, -0.1) is 0 Å². The van der Waals surface area contributed by atoms with Crippen LogP contribution in [-0.4, -0.2) is 9.97 Å². The highest BCUT2D eigenvalue weighted by molar-refractivity contribution is 5.25. The van der Waals surface area contributed by atoms with Gasteiger partial charge in [-0.05, 0) is 37.6 Å². The topological polar surface area (TPSA) is 75.6 Å². The fourth-order valence-corrected chi connectivity index (χ4v) is 1.15. The van der Waals surface area contributed by atoms with Crippen molar-refractivity contribution in [3.05, 3.63) is 59.2 Å². The molecule has 0 aliphatic carbocycles. The summed E-state index contributed by atoms with van der Waals surface area (Å²) < 4.78 is 0. The van der Waals surface area contributed by atoms with Crippen LogP contribution in [0.1, 0.15) is 22.5 Å². The number of nitrogens with zero attached hydrogens (tertiary/aromatic N) is 3. The van der Waals surface area contributed by atoms with Crippen molar-refractivity contribution in [2.45, 2.75) is 20.4 Å². The second kappa shape index (κ2) is 7.15. The van der Waals surface area contributed by atoms with E-state index >= 15 is 0 Å². The van der Waals surface area contributed by atoms with E-state index in [1.807, 2.05) is 38.1 Å². The molecule has 0 saturated heterocycles. The minimum atomic E-state index is 0.577. The quantitative estimate of drug-likeness (QED) is 0.828. The van der Waals surface area contributed by atoms with Crippen LogP contribution in [0.3, 0.4) is 0 Å². The van der Waals surface area contributed by atoms with Crippen molar-refractivity contribution in [1.29, 1.82) is 5.26 Å². The molecule has 0 spiro atoms. The number of hydrogen-bond donors (Lipinski definition) is 1. The van der Waals surface area contributed by atoms with Crippen molar-refractivity contribution < 1.29 is 0 Å². The average molecular weight is 240 g/mol. The maximum absolute atomic E-state index is 8.34. The Bertz CT molecular complexity index is 509. The lowest BCUT2D eigenvalue weighted by molar-refractivity contribution is 1.03. The fraction of sp³-hybridized carbons (Fsp3) is 0.214. The van der Waals surface area contributed by atoms with Gasteiger partial charge >= 0.3 is 0 Å². The third-order valence-electron chi connectivity index (χ3n) is 2.25. The summed E-state index contributed by atoms with van der Waals surface area (Å²) in [5, 5.41) is 8.34. The maximum Gasteiger partial charge on any atom is 0.101 e. The van der Waals surface area contributed by atoms with Crippen molar-refractivity contribution >= 4 is 0 Å². The lowest BCUT2D eigenvalue weighted by Gasteiger charge is -1.93. The summed E-state index contributed by atoms with van der Waals surface area (Å²) in [7, 11) is 0. The summed E-state index contributed by atoms with van der Waals surface area (Å²) in [5.74, 6) is 0. The molecule has 0 aliphatic heterocycles. The van der Waals surface area contributed by atoms with Crippen LogP contribution in [0, 0.1) is 25.2 Å². The lowest BCUT2D eigenvalue weighted by atomic mass is 10.2. The van der Waals surface area contributed by atoms with Gasteiger partial charge in [-0.1, -0.05) is 6.07 Å². The van der Waals surface area contributed by atoms with Gasteiger partial charge in [0.05, 0.1) is 5.56 Å². The molecular weight excluding hydrogens is 224 g/mol. The normalized spacial score (nSPS) is 9.00. The molecule has 2 rings (SSSR count). The average Bonchev–Trinajstić information content (AvgIpc) is 2.41. The summed E-state index contributed by atoms with van der Waals surface area (Å²) in [4.78, 5) is 8.00. The van der Waals surface area contributed by atoms with Crippen molar-refractivity contribution in [1.82, 2.24) is 9.97 Å². The molecule has 4 nitrogen and oxygen atoms in total. The zero-order valence-corrected chi connectivity index (χ0v) is 10.6. The van der Waals surface area contributed by atoms with E-state index in [1.54, 1.807) is 18.5 Å². The van der Waals surface area contributed by atoms with Crippen LogP contribution in [-0.2, 0) is 6.54 Å². The van der Waals surface area contributed by atoms with Crippen molar-refractivity contribution in [3.63, 3.8) is 0 Å². The van der Waals surface area contributed by atoms with E-state index in [2.05, 4.69) is 9.97 Å². The van der Waals surface area contributed by atoms with E-state index in [-0.39, 0.29) is 0 Å². The number of hydrogen-bond acceptors (Lipinski definition) is 4. The van der Waals surface area contributed by atoms with Gasteiger partial charge in [-0.25, -0.2) is 0 Å². The molecule has 0 bridgehead atoms. The molecule has 2 aromatic heterocycles. The Hall–Kier alpha value is -2.25. The van der Waals surface area contributed by atoms with E-state index in [9.17, 15) is 0 Å². The Morgan fingerprint density at radius 3 is 2.06 bits per heavy atom. The second-order valence-corrected chi connectivity index (χ2v) is 3.81. The molecule has 0 amide bonds. The smallest absolute Gasteiger partial charge is 0.101 e. The molecule has 0 unspecified atom stereocenters. The Balaban J connectivity index is 0.000000180. The molecule has 0 radical (unpaired) electrons. The molecule has 92 valence electrons. The number of nitriles is 1. The predicted molar refractivity (Wildman–Crippen MR) is 70.6 cm³/mol. The first-order valence-corrected chi connectivity index (χ1v) is 5.60. The third kappa shape index (κ3) is 4.73. The molecule has 0 aliphatic rings. The van der Waals surface area contributed by atoms with Crippen LogP contribution in [0.15, 0.2) is 36.7 Å². The van der Waals surface area contributed by atoms with Gasteiger partial charge in [-0.2, -0.15) is 5.26 Å². The number of pyridine rings is 2. The van der Waals surface area contributed by atoms with Crippen LogP contribution >= 0.6 is 0 Å². The Kier molecular flexibility index (Phi) is 5.49. The minimum Gasteiger partial charge on any atom is -0.326 e. The van der Waals surface area contributed by atoms with Gasteiger partial charge in [-0.3, -0.25) is 9.97 Å². The number of rotatable bonds is 1. The van der Waals surface area contributed by atoms with E-state index in [0.29, 0.717) is 12.1 Å². The molecule has 0 saturated carbocycles. The summed E-state index contributed by atoms with van der Waals surface area (Å²) >= 11 is 0. The van der Waals surface area contributed by atoms with Crippen molar-refractivity contribution in [2.24, 2.45) is 5.73 Å². The molecule has 0 atom stereocenters. The first-order valence-electron chi connectivity index (χ1n) is 5.60. The number of aryl methyl sites for hydroxylation is 2. The Labute approximate surface area is 107 Å². The second-order valence-electron chi connectivity index (χ2n) is 3.81. The monoisotopic (exact) mass is 240 g/mol. The molecule has 0 aromatic carbocycles. The van der Waals surface area contributed by atoms with Gasteiger partial charge in [0, 0.05) is 30.3 Å². The summed E-state index contributed by atoms with van der Waals surface area (Å²) in [6.07, 6.45) is 3.37. The predicted octanol–water partition coefficient (Wildman–Crippen LogP) is 2.11. The summed E-state index contributed by atoms with van der Waals surface area (Å²) in [6.45, 7) is 4.43. The SMILES string of the molecule is Cc1ccc(C#N)cn1.Cc1ccc(CN)cn1. The molecule has 0 fully saturated rings. The maximum atomic E-state index is 8.34. The molecule has 18 heavy (non-hydrogen) atoms. The highest BCUT2D eigenvalue weighted by Crippen LogP contribution is 1.96. The Morgan fingerprint density at radius 2 is 1.67 bits per heavy atom. The van der Waals surface area contributed by atoms with E-state index in [0.717, 1.165) is 17.0 Å². The van der Waals surface area contributed by atoms with Crippen LogP contribution in [0.4, 0.5) is 0 Å². The standard InChI is InChI=1S/C7H10N2.C7H6N2/c2*1-6-2-3-7(4-8)5-9-6/h2-3,5H,4,8H2,1H3;2-3,5H,1H3. The molecule has 4 heteroatoms. The lowest BCUT2D eigenvalue weighted by Crippen LogP contribution is -1.96. The Morgan fingerprint density at radius 1 is 1.06 bits per heavy atom. The first-order chi connectivity index (χ1) is 8.65. The van der Waals surface area contributed by atoms with Gasteiger partial charge in [0.25, 0.3) is 0 Å². The van der Waals surface area contributed by atoms with E-state index < -0.39 is 0 Å². The van der Waals surface area contributed by atoms with Crippen molar-refractivity contribution in [3.8, 4) is 6.07 Å². The van der Waals surface area contributed by atoms with E-state index in [1.165, 1.54) is 0 Å².